The van der Waals surface area contributed by atoms with E-state index in [-0.39, 0.29) is 12.5 Å². The third kappa shape index (κ3) is 5.36. The molecule has 0 saturated carbocycles. The van der Waals surface area contributed by atoms with Crippen LogP contribution in [-0.4, -0.2) is 84.2 Å². The van der Waals surface area contributed by atoms with Crippen LogP contribution in [-0.2, 0) is 4.74 Å². The van der Waals surface area contributed by atoms with Crippen LogP contribution in [0.2, 0.25) is 10.0 Å². The number of amides is 2. The van der Waals surface area contributed by atoms with Gasteiger partial charge in [-0.3, -0.25) is 14.5 Å². The number of aliphatic hydroxyl groups is 1. The van der Waals surface area contributed by atoms with E-state index in [1.54, 1.807) is 24.3 Å². The zero-order chi connectivity index (χ0) is 26.8. The first kappa shape index (κ1) is 26.5. The largest absolute Gasteiger partial charge is 0.394 e. The number of benzene rings is 3. The molecule has 2 amide bonds. The Hall–Kier alpha value is -3.14. The Morgan fingerprint density at radius 1 is 0.921 bits per heavy atom. The van der Waals surface area contributed by atoms with E-state index in [0.29, 0.717) is 53.0 Å². The molecule has 1 fully saturated rings. The van der Waals surface area contributed by atoms with Crippen molar-refractivity contribution in [3.63, 3.8) is 0 Å². The molecule has 1 aliphatic rings. The molecule has 10 heteroatoms. The first-order valence-corrected chi connectivity index (χ1v) is 13.2. The normalized spacial score (nSPS) is 14.4. The van der Waals surface area contributed by atoms with Crippen molar-refractivity contribution in [1.82, 2.24) is 14.8 Å². The number of hydrogen-bond acceptors (Lipinski definition) is 5. The molecule has 5 rings (SSSR count). The van der Waals surface area contributed by atoms with Crippen LogP contribution in [0.3, 0.4) is 0 Å². The fourth-order valence-corrected chi connectivity index (χ4v) is 5.19. The summed E-state index contributed by atoms with van der Waals surface area (Å²) in [4.78, 5) is 33.2. The van der Waals surface area contributed by atoms with Crippen LogP contribution in [0.5, 0.6) is 0 Å². The van der Waals surface area contributed by atoms with E-state index in [1.165, 1.54) is 0 Å². The van der Waals surface area contributed by atoms with Gasteiger partial charge in [0.05, 0.1) is 40.9 Å². The summed E-state index contributed by atoms with van der Waals surface area (Å²) in [5.74, 6) is -0.590. The van der Waals surface area contributed by atoms with Gasteiger partial charge in [-0.2, -0.15) is 0 Å². The van der Waals surface area contributed by atoms with Crippen LogP contribution in [0.4, 0.5) is 0 Å². The summed E-state index contributed by atoms with van der Waals surface area (Å²) in [6.45, 7) is 4.46. The minimum atomic E-state index is -0.556. The van der Waals surface area contributed by atoms with Crippen LogP contribution < -0.4 is 5.73 Å². The highest BCUT2D eigenvalue weighted by molar-refractivity contribution is 6.42. The quantitative estimate of drug-likeness (QED) is 0.283. The number of carbonyl (C=O) groups excluding carboxylic acids is 2. The average Bonchev–Trinajstić information content (AvgIpc) is 3.30. The van der Waals surface area contributed by atoms with Crippen molar-refractivity contribution >= 4 is 56.8 Å². The first-order valence-electron chi connectivity index (χ1n) is 12.4. The Morgan fingerprint density at radius 2 is 1.71 bits per heavy atom. The number of halogens is 2. The minimum absolute atomic E-state index is 0.0175. The van der Waals surface area contributed by atoms with Crippen molar-refractivity contribution in [3.8, 4) is 11.1 Å². The summed E-state index contributed by atoms with van der Waals surface area (Å²) >= 11 is 12.3. The molecule has 0 radical (unpaired) electrons. The van der Waals surface area contributed by atoms with Gasteiger partial charge in [0.2, 0.25) is 0 Å². The summed E-state index contributed by atoms with van der Waals surface area (Å²) in [7, 11) is 0. The monoisotopic (exact) mass is 554 g/mol. The van der Waals surface area contributed by atoms with E-state index < -0.39 is 5.91 Å². The molecule has 1 aliphatic heterocycles. The summed E-state index contributed by atoms with van der Waals surface area (Å²) < 4.78 is 5.35. The number of ether oxygens (including phenoxy) is 1. The van der Waals surface area contributed by atoms with E-state index in [4.69, 9.17) is 38.8 Å². The summed E-state index contributed by atoms with van der Waals surface area (Å²) in [6, 6.07) is 14.5. The summed E-state index contributed by atoms with van der Waals surface area (Å²) in [5, 5.41) is 11.3. The van der Waals surface area contributed by atoms with Gasteiger partial charge in [-0.25, -0.2) is 0 Å². The second kappa shape index (κ2) is 11.3. The van der Waals surface area contributed by atoms with Gasteiger partial charge in [0, 0.05) is 54.6 Å². The molecule has 3 aromatic carbocycles. The molecule has 4 N–H and O–H groups in total. The molecule has 2 heterocycles. The van der Waals surface area contributed by atoms with Crippen molar-refractivity contribution in [3.05, 3.63) is 69.7 Å². The standard InChI is InChI=1S/C28H28Cl2N4O4/c29-23-3-1-17(16-24(23)30)19-14-21-20-13-18(2-4-25(20)32-26(21)22(15-19)27(31)36)28(37)34-7-5-33(6-8-34)9-11-38-12-10-35/h1-4,13-16,32,35H,5-12H2,(H2,31,36). The van der Waals surface area contributed by atoms with Gasteiger partial charge in [-0.05, 0) is 53.6 Å². The fraction of sp³-hybridized carbons (Fsp3) is 0.286. The Bertz CT molecular complexity index is 1510. The van der Waals surface area contributed by atoms with E-state index in [0.717, 1.165) is 47.1 Å². The molecule has 8 nitrogen and oxygen atoms in total. The number of nitrogens with zero attached hydrogens (tertiary/aromatic N) is 2. The fourth-order valence-electron chi connectivity index (χ4n) is 4.89. The lowest BCUT2D eigenvalue weighted by atomic mass is 9.98. The minimum Gasteiger partial charge on any atom is -0.394 e. The van der Waals surface area contributed by atoms with Crippen LogP contribution >= 0.6 is 23.2 Å². The van der Waals surface area contributed by atoms with Gasteiger partial charge in [0.1, 0.15) is 0 Å². The van der Waals surface area contributed by atoms with E-state index in [1.807, 2.05) is 29.2 Å². The molecule has 198 valence electrons. The third-order valence-corrected chi connectivity index (χ3v) is 7.66. The van der Waals surface area contributed by atoms with Gasteiger partial charge >= 0.3 is 0 Å². The Kier molecular flexibility index (Phi) is 7.88. The molecule has 0 bridgehead atoms. The SMILES string of the molecule is NC(=O)c1cc(-c2ccc(Cl)c(Cl)c2)cc2c1[nH]c1ccc(C(=O)N3CCN(CCOCCO)CC3)cc12. The van der Waals surface area contributed by atoms with Crippen molar-refractivity contribution < 1.29 is 19.4 Å². The number of aromatic amines is 1. The molecular weight excluding hydrogens is 527 g/mol. The van der Waals surface area contributed by atoms with Crippen LogP contribution in [0.25, 0.3) is 32.9 Å². The topological polar surface area (TPSA) is 112 Å². The van der Waals surface area contributed by atoms with Gasteiger partial charge in [0.25, 0.3) is 11.8 Å². The van der Waals surface area contributed by atoms with Gasteiger partial charge in [-0.15, -0.1) is 0 Å². The number of aromatic nitrogens is 1. The highest BCUT2D eigenvalue weighted by atomic mass is 35.5. The molecule has 0 atom stereocenters. The predicted octanol–water partition coefficient (Wildman–Crippen LogP) is 4.16. The van der Waals surface area contributed by atoms with E-state index in [2.05, 4.69) is 9.88 Å². The lowest BCUT2D eigenvalue weighted by Gasteiger charge is -2.34. The predicted molar refractivity (Wildman–Crippen MR) is 150 cm³/mol. The maximum atomic E-state index is 13.4. The number of fused-ring (bicyclic) bond motifs is 3. The van der Waals surface area contributed by atoms with Crippen molar-refractivity contribution in [2.75, 3.05) is 52.5 Å². The van der Waals surface area contributed by atoms with E-state index in [9.17, 15) is 9.59 Å². The molecule has 38 heavy (non-hydrogen) atoms. The van der Waals surface area contributed by atoms with Gasteiger partial charge in [0.15, 0.2) is 0 Å². The lowest BCUT2D eigenvalue weighted by molar-refractivity contribution is 0.0486. The van der Waals surface area contributed by atoms with Crippen LogP contribution in [0.1, 0.15) is 20.7 Å². The number of nitrogens with one attached hydrogen (secondary N) is 1. The Labute approximate surface area is 229 Å². The smallest absolute Gasteiger partial charge is 0.253 e. The zero-order valence-corrected chi connectivity index (χ0v) is 22.2. The molecule has 1 aromatic heterocycles. The third-order valence-electron chi connectivity index (χ3n) is 6.92. The number of nitrogens with two attached hydrogens (primary N) is 1. The molecule has 4 aromatic rings. The lowest BCUT2D eigenvalue weighted by Crippen LogP contribution is -2.49. The van der Waals surface area contributed by atoms with Crippen LogP contribution in [0.15, 0.2) is 48.5 Å². The first-order chi connectivity index (χ1) is 18.4. The zero-order valence-electron chi connectivity index (χ0n) is 20.7. The van der Waals surface area contributed by atoms with E-state index >= 15 is 0 Å². The number of aliphatic hydroxyl groups excluding tert-OH is 1. The number of carbonyl (C=O) groups is 2. The van der Waals surface area contributed by atoms with Gasteiger partial charge < -0.3 is 25.5 Å². The Balaban J connectivity index is 1.44. The molecule has 0 unspecified atom stereocenters. The summed E-state index contributed by atoms with van der Waals surface area (Å²) in [5.41, 5.74) is 9.67. The number of piperazine rings is 1. The molecule has 1 saturated heterocycles. The Morgan fingerprint density at radius 3 is 2.42 bits per heavy atom. The van der Waals surface area contributed by atoms with Crippen molar-refractivity contribution in [2.45, 2.75) is 0 Å². The van der Waals surface area contributed by atoms with Crippen LogP contribution in [0, 0.1) is 0 Å². The number of H-pyrrole nitrogens is 1. The number of primary amides is 1. The molecular formula is C28H28Cl2N4O4. The average molecular weight is 555 g/mol. The number of rotatable bonds is 8. The molecule has 0 spiro atoms. The maximum absolute atomic E-state index is 13.4. The molecule has 0 aliphatic carbocycles. The highest BCUT2D eigenvalue weighted by Gasteiger charge is 2.23. The second-order valence-corrected chi connectivity index (χ2v) is 10.1. The summed E-state index contributed by atoms with van der Waals surface area (Å²) in [6.07, 6.45) is 0. The van der Waals surface area contributed by atoms with Crippen molar-refractivity contribution in [2.24, 2.45) is 5.73 Å². The number of hydrogen-bond donors (Lipinski definition) is 3. The maximum Gasteiger partial charge on any atom is 0.253 e. The van der Waals surface area contributed by atoms with Gasteiger partial charge in [-0.1, -0.05) is 29.3 Å². The second-order valence-electron chi connectivity index (χ2n) is 9.29. The highest BCUT2D eigenvalue weighted by Crippen LogP contribution is 2.35. The van der Waals surface area contributed by atoms with Crippen molar-refractivity contribution in [1.29, 1.82) is 0 Å².